The molecule has 0 spiro atoms. The number of carbonyl (C=O) groups excluding carboxylic acids is 1. The van der Waals surface area contributed by atoms with Crippen LogP contribution in [0.25, 0.3) is 0 Å². The number of hydrogen-bond donors (Lipinski definition) is 2. The number of aliphatic hydroxyl groups is 1. The maximum absolute atomic E-state index is 12.8. The van der Waals surface area contributed by atoms with Gasteiger partial charge in [0.2, 0.25) is 0 Å². The largest absolute Gasteiger partial charge is 0.446 e. The van der Waals surface area contributed by atoms with E-state index >= 15 is 0 Å². The van der Waals surface area contributed by atoms with Gasteiger partial charge in [-0.3, -0.25) is 0 Å². The molecule has 0 aromatic heterocycles. The zero-order valence-electron chi connectivity index (χ0n) is 16.0. The highest BCUT2D eigenvalue weighted by molar-refractivity contribution is 5.68. The Morgan fingerprint density at radius 3 is 2.57 bits per heavy atom. The number of anilines is 1. The van der Waals surface area contributed by atoms with Gasteiger partial charge in [-0.05, 0) is 80.5 Å². The van der Waals surface area contributed by atoms with Crippen LogP contribution < -0.4 is 5.32 Å². The number of nitrogens with one attached hydrogen (secondary N) is 1. The summed E-state index contributed by atoms with van der Waals surface area (Å²) in [5.74, 6) is 1.27. The van der Waals surface area contributed by atoms with Gasteiger partial charge in [0.15, 0.2) is 0 Å². The molecule has 148 valence electrons. The van der Waals surface area contributed by atoms with Crippen LogP contribution in [0.2, 0.25) is 0 Å². The van der Waals surface area contributed by atoms with Crippen molar-refractivity contribution >= 4 is 11.8 Å². The molecule has 2 unspecified atom stereocenters. The quantitative estimate of drug-likeness (QED) is 0.840. The second-order valence-electron chi connectivity index (χ2n) is 9.31. The van der Waals surface area contributed by atoms with E-state index in [4.69, 9.17) is 10.00 Å². The first kappa shape index (κ1) is 17.8. The summed E-state index contributed by atoms with van der Waals surface area (Å²) in [6.07, 6.45) is 5.38. The second kappa shape index (κ2) is 6.66. The molecule has 4 aliphatic carbocycles. The topological polar surface area (TPSA) is 85.6 Å². The van der Waals surface area contributed by atoms with Crippen molar-refractivity contribution in [2.45, 2.75) is 56.3 Å². The Morgan fingerprint density at radius 1 is 1.21 bits per heavy atom. The molecule has 0 radical (unpaired) electrons. The number of nitriles is 1. The van der Waals surface area contributed by atoms with E-state index in [1.807, 2.05) is 12.1 Å². The molecule has 1 aromatic carbocycles. The number of likely N-dealkylation sites (tertiary alicyclic amines) is 1. The molecule has 28 heavy (non-hydrogen) atoms. The fraction of sp³-hybridized carbons (Fsp3) is 0.636. The third-order valence-electron chi connectivity index (χ3n) is 7.22. The normalized spacial score (nSPS) is 38.3. The summed E-state index contributed by atoms with van der Waals surface area (Å²) in [4.78, 5) is 14.6. The van der Waals surface area contributed by atoms with Crippen molar-refractivity contribution < 1.29 is 14.6 Å². The first-order valence-electron chi connectivity index (χ1n) is 10.5. The van der Waals surface area contributed by atoms with Gasteiger partial charge >= 0.3 is 6.09 Å². The molecule has 1 aliphatic heterocycles. The van der Waals surface area contributed by atoms with Crippen molar-refractivity contribution in [1.82, 2.24) is 4.90 Å². The maximum atomic E-state index is 12.8. The van der Waals surface area contributed by atoms with Crippen LogP contribution >= 0.6 is 0 Å². The van der Waals surface area contributed by atoms with Crippen LogP contribution in [0.1, 0.15) is 44.1 Å². The summed E-state index contributed by atoms with van der Waals surface area (Å²) >= 11 is 0. The third-order valence-corrected chi connectivity index (χ3v) is 7.22. The predicted molar refractivity (Wildman–Crippen MR) is 104 cm³/mol. The Kier molecular flexibility index (Phi) is 4.24. The van der Waals surface area contributed by atoms with Gasteiger partial charge in [0, 0.05) is 24.8 Å². The number of benzene rings is 1. The molecule has 1 heterocycles. The van der Waals surface area contributed by atoms with Crippen molar-refractivity contribution in [3.8, 4) is 6.07 Å². The van der Waals surface area contributed by atoms with Gasteiger partial charge in [-0.25, -0.2) is 4.79 Å². The average Bonchev–Trinajstić information content (AvgIpc) is 3.12. The lowest BCUT2D eigenvalue weighted by Crippen LogP contribution is -2.58. The minimum absolute atomic E-state index is 0.0186. The molecule has 1 aromatic rings. The number of nitrogens with zero attached hydrogens (tertiary/aromatic N) is 2. The molecular formula is C22H27N3O3. The van der Waals surface area contributed by atoms with Gasteiger partial charge < -0.3 is 20.1 Å². The standard InChI is InChI=1S/C22H27N3O3/c23-12-14-1-3-18(4-2-14)24-19-5-6-25(13-19)21(26)28-20-16-7-15-8-17(20)11-22(27,9-15)10-16/h1-4,15-17,19-20,24,27H,5-11,13H2/t15?,16?,17?,19-,20-,22-/m1/s1. The van der Waals surface area contributed by atoms with E-state index in [2.05, 4.69) is 11.4 Å². The summed E-state index contributed by atoms with van der Waals surface area (Å²) in [6, 6.07) is 9.71. The van der Waals surface area contributed by atoms with E-state index in [-0.39, 0.29) is 18.2 Å². The molecule has 6 nitrogen and oxygen atoms in total. The third kappa shape index (κ3) is 3.22. The molecular weight excluding hydrogens is 354 g/mol. The Balaban J connectivity index is 1.16. The zero-order valence-corrected chi connectivity index (χ0v) is 16.0. The van der Waals surface area contributed by atoms with Crippen molar-refractivity contribution in [3.63, 3.8) is 0 Å². The summed E-state index contributed by atoms with van der Waals surface area (Å²) in [7, 11) is 0. The number of hydrogen-bond acceptors (Lipinski definition) is 5. The van der Waals surface area contributed by atoms with Gasteiger partial charge in [0.1, 0.15) is 6.10 Å². The van der Waals surface area contributed by atoms with E-state index in [0.717, 1.165) is 44.2 Å². The summed E-state index contributed by atoms with van der Waals surface area (Å²) in [5, 5.41) is 23.0. The summed E-state index contributed by atoms with van der Waals surface area (Å²) in [5.41, 5.74) is 1.11. The summed E-state index contributed by atoms with van der Waals surface area (Å²) < 4.78 is 6.00. The highest BCUT2D eigenvalue weighted by Gasteiger charge is 2.56. The van der Waals surface area contributed by atoms with E-state index in [0.29, 0.717) is 36.4 Å². The Hall–Kier alpha value is -2.26. The molecule has 6 heteroatoms. The van der Waals surface area contributed by atoms with Gasteiger partial charge in [0.25, 0.3) is 0 Å². The van der Waals surface area contributed by atoms with E-state index in [1.54, 1.807) is 17.0 Å². The average molecular weight is 381 g/mol. The molecule has 5 aliphatic rings. The van der Waals surface area contributed by atoms with Crippen LogP contribution in [0.3, 0.4) is 0 Å². The fourth-order valence-electron chi connectivity index (χ4n) is 6.24. The van der Waals surface area contributed by atoms with E-state index in [1.165, 1.54) is 0 Å². The van der Waals surface area contributed by atoms with Crippen LogP contribution in [-0.2, 0) is 4.74 Å². The van der Waals surface area contributed by atoms with Gasteiger partial charge in [-0.1, -0.05) is 0 Å². The Morgan fingerprint density at radius 2 is 1.93 bits per heavy atom. The van der Waals surface area contributed by atoms with Crippen molar-refractivity contribution in [2.24, 2.45) is 17.8 Å². The highest BCUT2D eigenvalue weighted by atomic mass is 16.6. The van der Waals surface area contributed by atoms with Crippen LogP contribution in [0.5, 0.6) is 0 Å². The predicted octanol–water partition coefficient (Wildman–Crippen LogP) is 3.12. The lowest BCUT2D eigenvalue weighted by Gasteiger charge is -2.57. The van der Waals surface area contributed by atoms with E-state index in [9.17, 15) is 9.90 Å². The SMILES string of the molecule is N#Cc1ccc(N[C@@H]2CCN(C(=O)O[C@H]3C4CC5CC3C[C@](O)(C5)C4)C2)cc1. The molecule has 1 amide bonds. The molecule has 3 atom stereocenters. The van der Waals surface area contributed by atoms with Crippen molar-refractivity contribution in [1.29, 1.82) is 5.26 Å². The van der Waals surface area contributed by atoms with E-state index < -0.39 is 5.60 Å². The second-order valence-corrected chi connectivity index (χ2v) is 9.31. The van der Waals surface area contributed by atoms with Crippen LogP contribution in [-0.4, -0.2) is 46.9 Å². The molecule has 2 N–H and O–H groups in total. The Bertz CT molecular complexity index is 786. The van der Waals surface area contributed by atoms with Crippen LogP contribution in [0, 0.1) is 29.1 Å². The maximum Gasteiger partial charge on any atom is 0.410 e. The lowest BCUT2D eigenvalue weighted by atomic mass is 9.53. The van der Waals surface area contributed by atoms with Crippen LogP contribution in [0.4, 0.5) is 10.5 Å². The minimum atomic E-state index is -0.497. The molecule has 4 saturated carbocycles. The number of ether oxygens (including phenoxy) is 1. The molecule has 6 rings (SSSR count). The van der Waals surface area contributed by atoms with Gasteiger partial charge in [-0.2, -0.15) is 5.26 Å². The molecule has 5 fully saturated rings. The lowest BCUT2D eigenvalue weighted by molar-refractivity contribution is -0.177. The first-order valence-corrected chi connectivity index (χ1v) is 10.5. The zero-order chi connectivity index (χ0) is 19.3. The van der Waals surface area contributed by atoms with Gasteiger partial charge in [-0.15, -0.1) is 0 Å². The molecule has 4 bridgehead atoms. The monoisotopic (exact) mass is 381 g/mol. The fourth-order valence-corrected chi connectivity index (χ4v) is 6.24. The number of rotatable bonds is 3. The molecule has 1 saturated heterocycles. The number of amides is 1. The smallest absolute Gasteiger partial charge is 0.410 e. The Labute approximate surface area is 165 Å². The number of carbonyl (C=O) groups is 1. The summed E-state index contributed by atoms with van der Waals surface area (Å²) in [6.45, 7) is 1.33. The first-order chi connectivity index (χ1) is 13.5. The van der Waals surface area contributed by atoms with Crippen LogP contribution in [0.15, 0.2) is 24.3 Å². The minimum Gasteiger partial charge on any atom is -0.446 e. The highest BCUT2D eigenvalue weighted by Crippen LogP contribution is 2.56. The van der Waals surface area contributed by atoms with Crippen molar-refractivity contribution in [2.75, 3.05) is 18.4 Å². The van der Waals surface area contributed by atoms with Crippen molar-refractivity contribution in [3.05, 3.63) is 29.8 Å². The van der Waals surface area contributed by atoms with Gasteiger partial charge in [0.05, 0.1) is 17.2 Å².